The van der Waals surface area contributed by atoms with Crippen LogP contribution in [-0.2, 0) is 11.3 Å². The summed E-state index contributed by atoms with van der Waals surface area (Å²) in [6, 6.07) is 4.97. The molecule has 0 spiro atoms. The Morgan fingerprint density at radius 3 is 2.71 bits per heavy atom. The lowest BCUT2D eigenvalue weighted by Gasteiger charge is -2.33. The van der Waals surface area contributed by atoms with E-state index in [1.807, 2.05) is 20.0 Å². The summed E-state index contributed by atoms with van der Waals surface area (Å²) >= 11 is 0. The molecule has 1 fully saturated rings. The molecule has 0 saturated carbocycles. The maximum Gasteiger partial charge on any atom is 0.222 e. The Bertz CT molecular complexity index is 527. The Morgan fingerprint density at radius 2 is 2.12 bits per heavy atom. The molecule has 134 valence electrons. The van der Waals surface area contributed by atoms with Crippen LogP contribution in [-0.4, -0.2) is 48.0 Å². The van der Waals surface area contributed by atoms with Gasteiger partial charge in [0, 0.05) is 44.3 Å². The highest BCUT2D eigenvalue weighted by Gasteiger charge is 2.22. The summed E-state index contributed by atoms with van der Waals surface area (Å²) in [6.45, 7) is 11.1. The third kappa shape index (κ3) is 5.20. The van der Waals surface area contributed by atoms with Gasteiger partial charge < -0.3 is 10.2 Å². The minimum Gasteiger partial charge on any atom is -0.357 e. The first-order valence-corrected chi connectivity index (χ1v) is 9.07. The van der Waals surface area contributed by atoms with Gasteiger partial charge in [0.2, 0.25) is 5.91 Å². The molecule has 1 aromatic heterocycles. The number of pyridine rings is 1. The van der Waals surface area contributed by atoms with E-state index in [-0.39, 0.29) is 17.9 Å². The number of amides is 1. The number of likely N-dealkylation sites (tertiary alicyclic amines) is 1. The summed E-state index contributed by atoms with van der Waals surface area (Å²) in [5.74, 6) is 1.22. The number of hydrogen-bond donors (Lipinski definition) is 1. The summed E-state index contributed by atoms with van der Waals surface area (Å²) in [5.41, 5.74) is 1.23. The van der Waals surface area contributed by atoms with Crippen molar-refractivity contribution in [1.29, 1.82) is 0 Å². The summed E-state index contributed by atoms with van der Waals surface area (Å²) in [7, 11) is 2.07. The molecule has 2 rings (SSSR count). The molecule has 1 aliphatic heterocycles. The lowest BCUT2D eigenvalue weighted by Crippen LogP contribution is -2.48. The van der Waals surface area contributed by atoms with Gasteiger partial charge in [0.25, 0.3) is 0 Å². The average Bonchev–Trinajstić information content (AvgIpc) is 2.55. The topological polar surface area (TPSA) is 48.5 Å². The monoisotopic (exact) mass is 332 g/mol. The van der Waals surface area contributed by atoms with E-state index in [1.54, 1.807) is 0 Å². The molecule has 0 aliphatic carbocycles. The molecule has 1 aliphatic rings. The number of rotatable bonds is 6. The molecule has 0 aromatic carbocycles. The Labute approximate surface area is 146 Å². The number of hydrogen-bond acceptors (Lipinski definition) is 4. The van der Waals surface area contributed by atoms with Gasteiger partial charge >= 0.3 is 0 Å². The molecule has 24 heavy (non-hydrogen) atoms. The summed E-state index contributed by atoms with van der Waals surface area (Å²) in [4.78, 5) is 21.1. The smallest absolute Gasteiger partial charge is 0.222 e. The van der Waals surface area contributed by atoms with Gasteiger partial charge in [0.15, 0.2) is 0 Å². The van der Waals surface area contributed by atoms with Crippen molar-refractivity contribution in [3.63, 3.8) is 0 Å². The van der Waals surface area contributed by atoms with Crippen LogP contribution in [0.25, 0.3) is 0 Å². The summed E-state index contributed by atoms with van der Waals surface area (Å²) < 4.78 is 0. The minimum absolute atomic E-state index is 0.0510. The van der Waals surface area contributed by atoms with Gasteiger partial charge in [0.1, 0.15) is 5.82 Å². The molecule has 1 amide bonds. The highest BCUT2D eigenvalue weighted by Crippen LogP contribution is 2.16. The van der Waals surface area contributed by atoms with Gasteiger partial charge in [0.05, 0.1) is 0 Å². The van der Waals surface area contributed by atoms with Gasteiger partial charge in [-0.2, -0.15) is 0 Å². The van der Waals surface area contributed by atoms with Crippen LogP contribution in [0.4, 0.5) is 5.82 Å². The van der Waals surface area contributed by atoms with Crippen LogP contribution in [0.2, 0.25) is 0 Å². The zero-order valence-electron chi connectivity index (χ0n) is 15.7. The number of carbonyl (C=O) groups is 1. The molecule has 1 saturated heterocycles. The second kappa shape index (κ2) is 8.47. The van der Waals surface area contributed by atoms with Crippen molar-refractivity contribution in [2.75, 3.05) is 25.0 Å². The molecule has 1 N–H and O–H groups in total. The number of carbonyl (C=O) groups excluding carboxylic acids is 1. The number of nitrogens with one attached hydrogen (secondary N) is 1. The first-order chi connectivity index (χ1) is 11.4. The lowest BCUT2D eigenvalue weighted by molar-refractivity contribution is -0.125. The van der Waals surface area contributed by atoms with Crippen LogP contribution in [0, 0.1) is 5.92 Å². The molecule has 0 unspecified atom stereocenters. The normalized spacial score (nSPS) is 18.9. The van der Waals surface area contributed by atoms with Crippen molar-refractivity contribution in [3.05, 3.63) is 23.9 Å². The van der Waals surface area contributed by atoms with Crippen molar-refractivity contribution in [3.8, 4) is 0 Å². The minimum atomic E-state index is 0.0510. The predicted octanol–water partition coefficient (Wildman–Crippen LogP) is 2.66. The van der Waals surface area contributed by atoms with Gasteiger partial charge in [-0.15, -0.1) is 0 Å². The van der Waals surface area contributed by atoms with E-state index in [1.165, 1.54) is 5.56 Å². The molecule has 0 bridgehead atoms. The number of anilines is 1. The Hall–Kier alpha value is -1.62. The van der Waals surface area contributed by atoms with Crippen LogP contribution in [0.5, 0.6) is 0 Å². The molecular weight excluding hydrogens is 300 g/mol. The molecule has 5 nitrogen and oxygen atoms in total. The van der Waals surface area contributed by atoms with Crippen molar-refractivity contribution < 1.29 is 4.79 Å². The standard InChI is InChI=1S/C19H32N4O/c1-14(2)19(24)21-17-7-6-10-23(13-17)12-16-8-9-18(20-11-16)22(5)15(3)4/h8-9,11,14-15,17H,6-7,10,12-13H2,1-5H3,(H,21,24)/t17-/m0/s1. The Morgan fingerprint density at radius 1 is 1.38 bits per heavy atom. The average molecular weight is 332 g/mol. The van der Waals surface area contributed by atoms with E-state index in [0.717, 1.165) is 38.3 Å². The van der Waals surface area contributed by atoms with E-state index in [0.29, 0.717) is 6.04 Å². The molecule has 0 radical (unpaired) electrons. The van der Waals surface area contributed by atoms with Gasteiger partial charge in [-0.05, 0) is 44.9 Å². The fourth-order valence-electron chi connectivity index (χ4n) is 2.93. The van der Waals surface area contributed by atoms with Crippen LogP contribution >= 0.6 is 0 Å². The van der Waals surface area contributed by atoms with E-state index >= 15 is 0 Å². The Balaban J connectivity index is 1.89. The van der Waals surface area contributed by atoms with Crippen molar-refractivity contribution in [1.82, 2.24) is 15.2 Å². The number of nitrogens with zero attached hydrogens (tertiary/aromatic N) is 3. The molecule has 2 heterocycles. The van der Waals surface area contributed by atoms with Gasteiger partial charge in [-0.3, -0.25) is 9.69 Å². The summed E-state index contributed by atoms with van der Waals surface area (Å²) in [6.07, 6.45) is 4.18. The van der Waals surface area contributed by atoms with E-state index in [2.05, 4.69) is 53.1 Å². The molecule has 1 atom stereocenters. The van der Waals surface area contributed by atoms with Gasteiger partial charge in [-0.25, -0.2) is 4.98 Å². The van der Waals surface area contributed by atoms with E-state index < -0.39 is 0 Å². The first kappa shape index (κ1) is 18.7. The highest BCUT2D eigenvalue weighted by molar-refractivity contribution is 5.78. The third-order valence-electron chi connectivity index (χ3n) is 4.73. The van der Waals surface area contributed by atoms with Gasteiger partial charge in [-0.1, -0.05) is 19.9 Å². The van der Waals surface area contributed by atoms with Crippen molar-refractivity contribution in [2.45, 2.75) is 59.2 Å². The van der Waals surface area contributed by atoms with Crippen LogP contribution in [0.15, 0.2) is 18.3 Å². The zero-order chi connectivity index (χ0) is 17.7. The Kier molecular flexibility index (Phi) is 6.60. The van der Waals surface area contributed by atoms with Crippen LogP contribution in [0.3, 0.4) is 0 Å². The number of piperidine rings is 1. The molecular formula is C19H32N4O. The highest BCUT2D eigenvalue weighted by atomic mass is 16.1. The first-order valence-electron chi connectivity index (χ1n) is 9.07. The molecule has 5 heteroatoms. The second-order valence-electron chi connectivity index (χ2n) is 7.47. The number of aromatic nitrogens is 1. The van der Waals surface area contributed by atoms with Crippen molar-refractivity contribution in [2.24, 2.45) is 5.92 Å². The summed E-state index contributed by atoms with van der Waals surface area (Å²) in [5, 5.41) is 3.17. The fraction of sp³-hybridized carbons (Fsp3) is 0.684. The van der Waals surface area contributed by atoms with E-state index in [9.17, 15) is 4.79 Å². The predicted molar refractivity (Wildman–Crippen MR) is 99.1 cm³/mol. The largest absolute Gasteiger partial charge is 0.357 e. The SMILES string of the molecule is CC(C)C(=O)N[C@H]1CCCN(Cc2ccc(N(C)C(C)C)nc2)C1. The van der Waals surface area contributed by atoms with Crippen molar-refractivity contribution >= 4 is 11.7 Å². The van der Waals surface area contributed by atoms with Crippen LogP contribution < -0.4 is 10.2 Å². The third-order valence-corrected chi connectivity index (χ3v) is 4.73. The maximum atomic E-state index is 11.9. The fourth-order valence-corrected chi connectivity index (χ4v) is 2.93. The van der Waals surface area contributed by atoms with Crippen LogP contribution in [0.1, 0.15) is 46.1 Å². The maximum absolute atomic E-state index is 11.9. The second-order valence-corrected chi connectivity index (χ2v) is 7.47. The zero-order valence-corrected chi connectivity index (χ0v) is 15.7. The van der Waals surface area contributed by atoms with E-state index in [4.69, 9.17) is 0 Å². The lowest BCUT2D eigenvalue weighted by atomic mass is 10.0. The quantitative estimate of drug-likeness (QED) is 0.870. The molecule has 1 aromatic rings.